The Labute approximate surface area is 110 Å². The Balaban J connectivity index is 1.82. The Morgan fingerprint density at radius 2 is 1.78 bits per heavy atom. The molecule has 0 N–H and O–H groups in total. The minimum Gasteiger partial charge on any atom is -0.251 e. The van der Waals surface area contributed by atoms with Gasteiger partial charge in [0, 0.05) is 12.6 Å². The fourth-order valence-corrected chi connectivity index (χ4v) is 4.02. The third-order valence-electron chi connectivity index (χ3n) is 2.96. The molecule has 0 spiro atoms. The molecule has 1 aromatic heterocycles. The number of pyridine rings is 1. The van der Waals surface area contributed by atoms with Crippen LogP contribution < -0.4 is 0 Å². The molecule has 1 unspecified atom stereocenters. The monoisotopic (exact) mass is 253 g/mol. The van der Waals surface area contributed by atoms with Gasteiger partial charge in [0.15, 0.2) is 0 Å². The van der Waals surface area contributed by atoms with Crippen molar-refractivity contribution in [3.8, 4) is 0 Å². The quantitative estimate of drug-likeness (QED) is 0.813. The van der Waals surface area contributed by atoms with E-state index in [1.165, 1.54) is 15.5 Å². The molecule has 0 radical (unpaired) electrons. The highest BCUT2D eigenvalue weighted by Gasteiger charge is 2.14. The van der Waals surface area contributed by atoms with Gasteiger partial charge in [0.05, 0.1) is 5.03 Å². The molecule has 18 heavy (non-hydrogen) atoms. The number of nitrogens with zero attached hydrogens (tertiary/aromatic N) is 1. The van der Waals surface area contributed by atoms with Crippen LogP contribution in [0.4, 0.5) is 0 Å². The average molecular weight is 253 g/mol. The lowest BCUT2D eigenvalue weighted by molar-refractivity contribution is 1.13. The Morgan fingerprint density at radius 3 is 2.56 bits per heavy atom. The van der Waals surface area contributed by atoms with E-state index >= 15 is 0 Å². The van der Waals surface area contributed by atoms with Crippen LogP contribution in [-0.4, -0.2) is 4.98 Å². The third kappa shape index (κ3) is 2.39. The summed E-state index contributed by atoms with van der Waals surface area (Å²) in [4.78, 5) is 5.97. The van der Waals surface area contributed by atoms with Gasteiger partial charge in [-0.25, -0.2) is 0 Å². The molecule has 0 saturated heterocycles. The van der Waals surface area contributed by atoms with Crippen LogP contribution in [0.2, 0.25) is 0 Å². The highest BCUT2D eigenvalue weighted by Crippen LogP contribution is 2.48. The van der Waals surface area contributed by atoms with Crippen LogP contribution in [0.1, 0.15) is 5.56 Å². The Hall–Kier alpha value is -1.80. The molecular formula is C16H15NS. The van der Waals surface area contributed by atoms with Crippen molar-refractivity contribution >= 4 is 10.9 Å². The molecular weight excluding hydrogens is 238 g/mol. The predicted octanol–water partition coefficient (Wildman–Crippen LogP) is 4.10. The first-order chi connectivity index (χ1) is 8.93. The fraction of sp³-hybridized carbons (Fsp3) is 0.0625. The van der Waals surface area contributed by atoms with Gasteiger partial charge in [-0.2, -0.15) is 10.9 Å². The summed E-state index contributed by atoms with van der Waals surface area (Å²) < 4.78 is 0. The molecule has 3 rings (SSSR count). The summed E-state index contributed by atoms with van der Waals surface area (Å²) in [6, 6.07) is 16.8. The minimum atomic E-state index is -0.358. The predicted molar refractivity (Wildman–Crippen MR) is 78.9 cm³/mol. The molecule has 0 saturated carbocycles. The zero-order chi connectivity index (χ0) is 12.2. The lowest BCUT2D eigenvalue weighted by atomic mass is 10.1. The second-order valence-electron chi connectivity index (χ2n) is 4.22. The number of thiol groups is 1. The maximum Gasteiger partial charge on any atom is 0.0836 e. The maximum atomic E-state index is 4.49. The van der Waals surface area contributed by atoms with Gasteiger partial charge >= 0.3 is 0 Å². The van der Waals surface area contributed by atoms with Crippen LogP contribution in [0.3, 0.4) is 0 Å². The summed E-state index contributed by atoms with van der Waals surface area (Å²) in [6.45, 7) is 0. The lowest BCUT2D eigenvalue weighted by Crippen LogP contribution is -1.91. The van der Waals surface area contributed by atoms with E-state index in [1.807, 2.05) is 12.3 Å². The van der Waals surface area contributed by atoms with Gasteiger partial charge in [0.2, 0.25) is 0 Å². The second-order valence-corrected chi connectivity index (χ2v) is 6.29. The van der Waals surface area contributed by atoms with Crippen molar-refractivity contribution in [1.29, 1.82) is 0 Å². The third-order valence-corrected chi connectivity index (χ3v) is 5.11. The lowest BCUT2D eigenvalue weighted by Gasteiger charge is -2.17. The second kappa shape index (κ2) is 5.23. The van der Waals surface area contributed by atoms with Crippen LogP contribution in [0.5, 0.6) is 0 Å². The molecule has 1 aromatic carbocycles. The number of aromatic nitrogens is 1. The topological polar surface area (TPSA) is 12.9 Å². The highest BCUT2D eigenvalue weighted by atomic mass is 32.2. The molecule has 1 aliphatic rings. The van der Waals surface area contributed by atoms with Crippen molar-refractivity contribution in [3.63, 3.8) is 0 Å². The van der Waals surface area contributed by atoms with Gasteiger partial charge < -0.3 is 0 Å². The largest absolute Gasteiger partial charge is 0.251 e. The molecule has 1 aliphatic heterocycles. The Morgan fingerprint density at radius 1 is 0.944 bits per heavy atom. The Bertz CT molecular complexity index is 573. The van der Waals surface area contributed by atoms with Crippen molar-refractivity contribution in [1.82, 2.24) is 4.98 Å². The van der Waals surface area contributed by atoms with Gasteiger partial charge in [-0.15, -0.1) is 0 Å². The molecule has 2 heterocycles. The zero-order valence-electron chi connectivity index (χ0n) is 10.0. The molecule has 2 heteroatoms. The van der Waals surface area contributed by atoms with Crippen LogP contribution in [0, 0.1) is 0 Å². The molecule has 0 amide bonds. The van der Waals surface area contributed by atoms with Gasteiger partial charge in [-0.05, 0) is 28.0 Å². The summed E-state index contributed by atoms with van der Waals surface area (Å²) >= 11 is 0. The van der Waals surface area contributed by atoms with Gasteiger partial charge in [0.1, 0.15) is 0 Å². The van der Waals surface area contributed by atoms with Gasteiger partial charge in [-0.3, -0.25) is 4.98 Å². The molecule has 2 aromatic rings. The number of rotatable bonds is 3. The fourth-order valence-electron chi connectivity index (χ4n) is 2.09. The smallest absolute Gasteiger partial charge is 0.0836 e. The van der Waals surface area contributed by atoms with E-state index in [9.17, 15) is 0 Å². The first kappa shape index (κ1) is 11.3. The minimum absolute atomic E-state index is 0.358. The van der Waals surface area contributed by atoms with Crippen LogP contribution >= 0.6 is 10.9 Å². The highest BCUT2D eigenvalue weighted by molar-refractivity contribution is 8.23. The van der Waals surface area contributed by atoms with Crippen LogP contribution in [0.15, 0.2) is 82.2 Å². The summed E-state index contributed by atoms with van der Waals surface area (Å²) in [5.41, 5.74) is 1.37. The first-order valence-corrected chi connectivity index (χ1v) is 7.46. The average Bonchev–Trinajstić information content (AvgIpc) is 2.89. The standard InChI is InChI=1S/C16H15NS/c1-2-7-14(8-3-1)13-15-9-6-12-18(15)16-10-4-5-11-17-16/h1-12,18H,13H2. The summed E-state index contributed by atoms with van der Waals surface area (Å²) in [6.07, 6.45) is 7.31. The summed E-state index contributed by atoms with van der Waals surface area (Å²) in [5, 5.41) is 3.49. The zero-order valence-corrected chi connectivity index (χ0v) is 10.9. The van der Waals surface area contributed by atoms with Gasteiger partial charge in [0.25, 0.3) is 0 Å². The maximum absolute atomic E-state index is 4.49. The van der Waals surface area contributed by atoms with E-state index in [1.54, 1.807) is 0 Å². The molecule has 0 bridgehead atoms. The van der Waals surface area contributed by atoms with Crippen molar-refractivity contribution in [2.45, 2.75) is 11.4 Å². The normalized spacial score (nSPS) is 19.8. The SMILES string of the molecule is C1=C[SH](c2ccccn2)C(Cc2ccccc2)=C1. The number of allylic oxidation sites excluding steroid dienone is 3. The van der Waals surface area contributed by atoms with Crippen LogP contribution in [-0.2, 0) is 6.42 Å². The molecule has 0 aliphatic carbocycles. The van der Waals surface area contributed by atoms with E-state index < -0.39 is 0 Å². The molecule has 90 valence electrons. The Kier molecular flexibility index (Phi) is 3.29. The van der Waals surface area contributed by atoms with Crippen molar-refractivity contribution in [2.75, 3.05) is 0 Å². The molecule has 1 nitrogen and oxygen atoms in total. The van der Waals surface area contributed by atoms with Crippen molar-refractivity contribution in [3.05, 3.63) is 82.8 Å². The summed E-state index contributed by atoms with van der Waals surface area (Å²) in [5.74, 6) is 0. The number of benzene rings is 1. The number of hydrogen-bond acceptors (Lipinski definition) is 1. The van der Waals surface area contributed by atoms with E-state index in [-0.39, 0.29) is 10.9 Å². The van der Waals surface area contributed by atoms with E-state index in [0.717, 1.165) is 6.42 Å². The molecule has 1 atom stereocenters. The van der Waals surface area contributed by atoms with Crippen molar-refractivity contribution < 1.29 is 0 Å². The number of hydrogen-bond donors (Lipinski definition) is 1. The van der Waals surface area contributed by atoms with Crippen LogP contribution in [0.25, 0.3) is 0 Å². The first-order valence-electron chi connectivity index (χ1n) is 6.05. The molecule has 0 fully saturated rings. The van der Waals surface area contributed by atoms with Gasteiger partial charge in [-0.1, -0.05) is 48.6 Å². The van der Waals surface area contributed by atoms with Crippen molar-refractivity contribution in [2.24, 2.45) is 0 Å². The van der Waals surface area contributed by atoms with E-state index in [4.69, 9.17) is 0 Å². The van der Waals surface area contributed by atoms with E-state index in [2.05, 4.69) is 65.0 Å². The van der Waals surface area contributed by atoms with E-state index in [0.29, 0.717) is 0 Å². The summed E-state index contributed by atoms with van der Waals surface area (Å²) in [7, 11) is -0.358.